The van der Waals surface area contributed by atoms with Crippen LogP contribution < -0.4 is 14.2 Å². The van der Waals surface area contributed by atoms with Crippen LogP contribution in [0.15, 0.2) is 18.3 Å². The summed E-state index contributed by atoms with van der Waals surface area (Å²) in [4.78, 5) is 14.9. The van der Waals surface area contributed by atoms with Crippen molar-refractivity contribution in [2.75, 3.05) is 46.5 Å². The maximum absolute atomic E-state index is 10.4. The van der Waals surface area contributed by atoms with Crippen LogP contribution in [0.25, 0.3) is 68.6 Å². The molecule has 10 heterocycles. The van der Waals surface area contributed by atoms with E-state index < -0.39 is 0 Å². The van der Waals surface area contributed by atoms with Gasteiger partial charge in [-0.3, -0.25) is 34.2 Å². The number of aromatic amines is 1. The molecule has 0 aliphatic carbocycles. The molecule has 0 radical (unpaired) electrons. The Morgan fingerprint density at radius 2 is 1.59 bits per heavy atom. The van der Waals surface area contributed by atoms with E-state index in [0.717, 1.165) is 102 Å². The van der Waals surface area contributed by atoms with Crippen molar-refractivity contribution in [3.05, 3.63) is 75.0 Å². The summed E-state index contributed by atoms with van der Waals surface area (Å²) < 4.78 is 29.3. The van der Waals surface area contributed by atoms with Gasteiger partial charge in [0, 0.05) is 56.6 Å². The first-order chi connectivity index (χ1) is 33.7. The summed E-state index contributed by atoms with van der Waals surface area (Å²) in [5.41, 5.74) is 13.2. The fourth-order valence-corrected chi connectivity index (χ4v) is 9.87. The summed E-state index contributed by atoms with van der Waals surface area (Å²) in [6, 6.07) is 3.85. The molecule has 20 nitrogen and oxygen atoms in total. The monoisotopic (exact) mass is 951 g/mol. The number of aryl methyl sites for hydroxylation is 6. The molecule has 8 aromatic rings. The van der Waals surface area contributed by atoms with Crippen LogP contribution in [0.2, 0.25) is 0 Å². The Morgan fingerprint density at radius 3 is 2.36 bits per heavy atom. The van der Waals surface area contributed by atoms with Gasteiger partial charge in [0.05, 0.1) is 105 Å². The number of nitrogens with one attached hydrogen (secondary N) is 1. The lowest BCUT2D eigenvalue weighted by molar-refractivity contribution is 0.132. The van der Waals surface area contributed by atoms with Crippen LogP contribution in [0.5, 0.6) is 17.6 Å². The minimum atomic E-state index is -0.295. The number of rotatable bonds is 7. The Kier molecular flexibility index (Phi) is 12.4. The summed E-state index contributed by atoms with van der Waals surface area (Å²) in [6.45, 7) is 20.2. The number of aliphatic hydroxyl groups is 1. The van der Waals surface area contributed by atoms with Gasteiger partial charge in [-0.25, -0.2) is 14.0 Å². The number of likely N-dealkylation sites (N-methyl/N-ethyl adjacent to an activating group) is 2. The number of pyridine rings is 2. The summed E-state index contributed by atoms with van der Waals surface area (Å²) in [6.07, 6.45) is 9.89. The third-order valence-electron chi connectivity index (χ3n) is 13.4. The van der Waals surface area contributed by atoms with Gasteiger partial charge in [0.2, 0.25) is 17.6 Å². The molecule has 4 bridgehead atoms. The van der Waals surface area contributed by atoms with E-state index in [1.54, 1.807) is 4.68 Å². The Balaban J connectivity index is 1.15. The molecule has 0 spiro atoms. The molecule has 0 saturated heterocycles. The Bertz CT molecular complexity index is 3320. The van der Waals surface area contributed by atoms with Gasteiger partial charge < -0.3 is 19.3 Å². The highest BCUT2D eigenvalue weighted by atomic mass is 16.5. The van der Waals surface area contributed by atoms with Crippen molar-refractivity contribution in [3.8, 4) is 40.2 Å². The van der Waals surface area contributed by atoms with Gasteiger partial charge in [-0.15, -0.1) is 5.10 Å². The molecule has 2 atom stereocenters. The van der Waals surface area contributed by atoms with Gasteiger partial charge in [-0.05, 0) is 98.5 Å². The Labute approximate surface area is 406 Å². The topological polar surface area (TPSA) is 198 Å². The predicted molar refractivity (Wildman–Crippen MR) is 268 cm³/mol. The third-order valence-corrected chi connectivity index (χ3v) is 13.4. The molecule has 0 fully saturated rings. The molecule has 0 saturated carbocycles. The van der Waals surface area contributed by atoms with Crippen molar-refractivity contribution in [3.63, 3.8) is 0 Å². The van der Waals surface area contributed by atoms with Crippen LogP contribution in [0, 0.1) is 27.7 Å². The normalized spacial score (nSPS) is 17.2. The Morgan fingerprint density at radius 1 is 0.829 bits per heavy atom. The molecular formula is C50H62N16O4. The first kappa shape index (κ1) is 46.6. The molecule has 8 aromatic heterocycles. The van der Waals surface area contributed by atoms with Gasteiger partial charge in [-0.1, -0.05) is 6.92 Å². The van der Waals surface area contributed by atoms with Crippen molar-refractivity contribution in [1.29, 1.82) is 0 Å². The van der Waals surface area contributed by atoms with Crippen molar-refractivity contribution < 1.29 is 19.3 Å². The van der Waals surface area contributed by atoms with E-state index in [1.165, 1.54) is 0 Å². The van der Waals surface area contributed by atoms with Gasteiger partial charge in [0.15, 0.2) is 0 Å². The average Bonchev–Trinajstić information content (AvgIpc) is 4.17. The summed E-state index contributed by atoms with van der Waals surface area (Å²) in [5.74, 6) is 1.70. The van der Waals surface area contributed by atoms with Gasteiger partial charge in [0.25, 0.3) is 0 Å². The first-order valence-corrected chi connectivity index (χ1v) is 24.0. The lowest BCUT2D eigenvalue weighted by Gasteiger charge is -2.26. The van der Waals surface area contributed by atoms with Gasteiger partial charge >= 0.3 is 0 Å². The molecule has 70 heavy (non-hydrogen) atoms. The fourth-order valence-electron chi connectivity index (χ4n) is 9.87. The highest BCUT2D eigenvalue weighted by Crippen LogP contribution is 2.39. The SMILES string of the molecule is CCOc1nn([C@@H](C)CO)c2c1/C=C/c1nn(Cn3nc(C)c4c3OCCN(C)Cc3c(cnn3C)/C=C/c3[nH]nc5c(C)nc-4cc35)c3c(C)nc(cc13)-c1c(C)nn(C)c1O[C@@H](C)CN(CC)C2. The van der Waals surface area contributed by atoms with E-state index in [9.17, 15) is 5.11 Å². The summed E-state index contributed by atoms with van der Waals surface area (Å²) in [7, 11) is 5.96. The molecule has 2 aliphatic heterocycles. The van der Waals surface area contributed by atoms with E-state index >= 15 is 0 Å². The molecule has 0 amide bonds. The maximum atomic E-state index is 10.4. The number of aliphatic hydroxyl groups excluding tert-OH is 1. The first-order valence-electron chi connectivity index (χ1n) is 24.0. The second-order valence-electron chi connectivity index (χ2n) is 18.5. The number of nitrogens with zero attached hydrogens (tertiary/aromatic N) is 15. The van der Waals surface area contributed by atoms with Crippen LogP contribution in [0.3, 0.4) is 0 Å². The lowest BCUT2D eigenvalue weighted by atomic mass is 10.1. The van der Waals surface area contributed by atoms with E-state index in [-0.39, 0.29) is 25.4 Å². The van der Waals surface area contributed by atoms with Crippen molar-refractivity contribution in [2.45, 2.75) is 87.3 Å². The maximum Gasteiger partial charge on any atom is 0.240 e. The molecule has 10 rings (SSSR count). The number of hydrogen-bond acceptors (Lipinski definition) is 14. The molecular weight excluding hydrogens is 889 g/mol. The zero-order valence-electron chi connectivity index (χ0n) is 41.9. The second-order valence-corrected chi connectivity index (χ2v) is 18.5. The smallest absolute Gasteiger partial charge is 0.240 e. The van der Waals surface area contributed by atoms with E-state index in [1.807, 2.05) is 92.7 Å². The zero-order chi connectivity index (χ0) is 49.1. The standard InChI is InChI=1S/C50H62N16O4/c1-12-63-23-29(4)70-49-44(30(5)56-62(49)11)41-21-37-39(17-15-35-43(25-63)66(28(3)26-67)59-48(35)68-13-2)58-64(47(37)33(8)53-41)27-65-50-45(31(6)57-65)40-20-36-38(54-55-46(36)32(7)52-40)16-14-34-22-51-61(10)42(34)24-60(9)18-19-69-50/h14-17,20-22,28-29,67H,12-13,18-19,23-27H2,1-11H3,(H,54,55)/b16-14+,17-15+/t28-,29-/m0/s1. The molecule has 20 heteroatoms. The molecule has 0 aromatic carbocycles. The molecule has 2 aliphatic rings. The van der Waals surface area contributed by atoms with Crippen LogP contribution in [-0.4, -0.2) is 137 Å². The molecule has 2 N–H and O–H groups in total. The van der Waals surface area contributed by atoms with Crippen molar-refractivity contribution in [1.82, 2.24) is 78.9 Å². The number of H-pyrrole nitrogens is 1. The second kappa shape index (κ2) is 18.6. The fraction of sp³-hybridized carbons (Fsp3) is 0.440. The highest BCUT2D eigenvalue weighted by molar-refractivity contribution is 5.95. The van der Waals surface area contributed by atoms with E-state index in [2.05, 4.69) is 70.3 Å². The van der Waals surface area contributed by atoms with Gasteiger partial charge in [0.1, 0.15) is 24.9 Å². The Hall–Kier alpha value is -7.16. The van der Waals surface area contributed by atoms with Crippen LogP contribution >= 0.6 is 0 Å². The minimum Gasteiger partial charge on any atom is -0.476 e. The number of hydrogen-bond donors (Lipinski definition) is 2. The number of aromatic nitrogens is 14. The predicted octanol–water partition coefficient (Wildman–Crippen LogP) is 6.36. The third kappa shape index (κ3) is 8.32. The number of fused-ring (bicyclic) bond motifs is 8. The lowest BCUT2D eigenvalue weighted by Crippen LogP contribution is -2.35. The van der Waals surface area contributed by atoms with Crippen molar-refractivity contribution in [2.24, 2.45) is 14.1 Å². The van der Waals surface area contributed by atoms with E-state index in [0.29, 0.717) is 62.7 Å². The largest absolute Gasteiger partial charge is 0.476 e. The zero-order valence-corrected chi connectivity index (χ0v) is 41.9. The average molecular weight is 951 g/mol. The van der Waals surface area contributed by atoms with E-state index in [4.69, 9.17) is 44.6 Å². The minimum absolute atomic E-state index is 0.0864. The van der Waals surface area contributed by atoms with Crippen LogP contribution in [-0.2, 0) is 33.9 Å². The summed E-state index contributed by atoms with van der Waals surface area (Å²) >= 11 is 0. The van der Waals surface area contributed by atoms with Gasteiger partial charge in [-0.2, -0.15) is 25.5 Å². The quantitative estimate of drug-likeness (QED) is 0.179. The molecule has 0 unspecified atom stereocenters. The van der Waals surface area contributed by atoms with Crippen LogP contribution in [0.1, 0.15) is 90.4 Å². The van der Waals surface area contributed by atoms with Crippen LogP contribution in [0.4, 0.5) is 0 Å². The van der Waals surface area contributed by atoms with Crippen molar-refractivity contribution >= 4 is 46.1 Å². The highest BCUT2D eigenvalue weighted by Gasteiger charge is 2.29. The summed E-state index contributed by atoms with van der Waals surface area (Å²) in [5, 5.41) is 45.1. The number of ether oxygens (including phenoxy) is 3. The molecule has 366 valence electrons.